The molecule has 1 heterocycles. The number of sulfonamides is 1. The fourth-order valence-electron chi connectivity index (χ4n) is 3.08. The van der Waals surface area contributed by atoms with Gasteiger partial charge in [-0.05, 0) is 35.7 Å². The van der Waals surface area contributed by atoms with Gasteiger partial charge in [0.05, 0.1) is 19.1 Å². The van der Waals surface area contributed by atoms with Gasteiger partial charge in [0.25, 0.3) is 5.91 Å². The van der Waals surface area contributed by atoms with Crippen LogP contribution in [0.25, 0.3) is 0 Å². The van der Waals surface area contributed by atoms with Gasteiger partial charge >= 0.3 is 0 Å². The van der Waals surface area contributed by atoms with Crippen LogP contribution in [0.2, 0.25) is 0 Å². The zero-order chi connectivity index (χ0) is 22.4. The molecule has 0 unspecified atom stereocenters. The molecule has 0 aliphatic heterocycles. The van der Waals surface area contributed by atoms with E-state index in [0.29, 0.717) is 11.5 Å². The van der Waals surface area contributed by atoms with Crippen LogP contribution in [0.3, 0.4) is 0 Å². The molecule has 0 saturated heterocycles. The molecule has 1 amide bonds. The van der Waals surface area contributed by atoms with Crippen molar-refractivity contribution >= 4 is 27.3 Å². The van der Waals surface area contributed by atoms with Crippen molar-refractivity contribution in [2.24, 2.45) is 0 Å². The molecule has 31 heavy (non-hydrogen) atoms. The van der Waals surface area contributed by atoms with Crippen LogP contribution in [0.4, 0.5) is 0 Å². The van der Waals surface area contributed by atoms with E-state index in [1.807, 2.05) is 29.6 Å². The van der Waals surface area contributed by atoms with E-state index < -0.39 is 10.0 Å². The Labute approximate surface area is 186 Å². The molecule has 3 aromatic rings. The Morgan fingerprint density at radius 2 is 1.84 bits per heavy atom. The van der Waals surface area contributed by atoms with E-state index in [9.17, 15) is 13.2 Å². The molecule has 0 radical (unpaired) electrons. The normalized spacial score (nSPS) is 11.2. The molecule has 2 aromatic carbocycles. The summed E-state index contributed by atoms with van der Waals surface area (Å²) in [7, 11) is 0.996. The second kappa shape index (κ2) is 9.95. The lowest BCUT2D eigenvalue weighted by Gasteiger charge is -2.20. The summed E-state index contributed by atoms with van der Waals surface area (Å²) < 4.78 is 38.6. The maximum absolute atomic E-state index is 13.0. The molecule has 7 nitrogen and oxygen atoms in total. The zero-order valence-corrected chi connectivity index (χ0v) is 19.1. The van der Waals surface area contributed by atoms with Crippen LogP contribution in [0.5, 0.6) is 11.5 Å². The van der Waals surface area contributed by atoms with Crippen molar-refractivity contribution in [3.63, 3.8) is 0 Å². The molecule has 0 fully saturated rings. The third kappa shape index (κ3) is 5.43. The van der Waals surface area contributed by atoms with Gasteiger partial charge in [-0.25, -0.2) is 13.1 Å². The van der Waals surface area contributed by atoms with Crippen molar-refractivity contribution in [3.8, 4) is 11.5 Å². The number of nitrogens with one attached hydrogen (secondary N) is 1. The summed E-state index contributed by atoms with van der Waals surface area (Å²) in [4.78, 5) is 15.4. The van der Waals surface area contributed by atoms with E-state index in [1.165, 1.54) is 28.4 Å². The molecule has 0 spiro atoms. The molecule has 164 valence electrons. The maximum atomic E-state index is 13.0. The fourth-order valence-corrected chi connectivity index (χ4v) is 4.87. The summed E-state index contributed by atoms with van der Waals surface area (Å²) in [5.74, 6) is 0.824. The molecule has 1 aromatic heterocycles. The minimum Gasteiger partial charge on any atom is -0.493 e. The number of hydrogen-bond acceptors (Lipinski definition) is 6. The van der Waals surface area contributed by atoms with E-state index in [-0.39, 0.29) is 29.5 Å². The molecule has 0 aliphatic rings. The molecule has 1 N–H and O–H groups in total. The molecule has 0 saturated carbocycles. The monoisotopic (exact) mass is 460 g/mol. The number of hydrogen-bond donors (Lipinski definition) is 1. The molecule has 0 aliphatic carbocycles. The third-order valence-corrected chi connectivity index (χ3v) is 6.92. The second-order valence-corrected chi connectivity index (χ2v) is 9.54. The highest BCUT2D eigenvalue weighted by atomic mass is 32.2. The Bertz CT molecular complexity index is 1140. The second-order valence-electron chi connectivity index (χ2n) is 6.75. The first-order chi connectivity index (χ1) is 14.9. The van der Waals surface area contributed by atoms with E-state index in [0.717, 1.165) is 10.4 Å². The Morgan fingerprint density at radius 3 is 2.52 bits per heavy atom. The van der Waals surface area contributed by atoms with Crippen LogP contribution >= 0.6 is 11.3 Å². The van der Waals surface area contributed by atoms with E-state index in [4.69, 9.17) is 9.47 Å². The van der Waals surface area contributed by atoms with Gasteiger partial charge in [0.1, 0.15) is 0 Å². The number of amides is 1. The van der Waals surface area contributed by atoms with Crippen molar-refractivity contribution in [1.29, 1.82) is 0 Å². The lowest BCUT2D eigenvalue weighted by atomic mass is 10.1. The number of carbonyl (C=O) groups excluding carboxylic acids is 1. The topological polar surface area (TPSA) is 84.9 Å². The van der Waals surface area contributed by atoms with Crippen molar-refractivity contribution in [2.45, 2.75) is 18.0 Å². The van der Waals surface area contributed by atoms with Crippen molar-refractivity contribution in [1.82, 2.24) is 9.62 Å². The van der Waals surface area contributed by atoms with Crippen LogP contribution in [0.15, 0.2) is 64.9 Å². The molecular formula is C22H24N2O5S2. The first-order valence-corrected chi connectivity index (χ1v) is 11.8. The van der Waals surface area contributed by atoms with Crippen LogP contribution in [0, 0.1) is 0 Å². The molecule has 9 heteroatoms. The van der Waals surface area contributed by atoms with Gasteiger partial charge in [0.2, 0.25) is 10.0 Å². The van der Waals surface area contributed by atoms with Crippen molar-refractivity contribution < 1.29 is 22.7 Å². The number of thiophene rings is 1. The van der Waals surface area contributed by atoms with Crippen LogP contribution in [0.1, 0.15) is 20.8 Å². The number of carbonyl (C=O) groups is 1. The Hall–Kier alpha value is -2.88. The number of rotatable bonds is 9. The van der Waals surface area contributed by atoms with Gasteiger partial charge in [-0.3, -0.25) is 4.79 Å². The summed E-state index contributed by atoms with van der Waals surface area (Å²) in [6.07, 6.45) is 0. The average molecular weight is 461 g/mol. The number of ether oxygens (including phenoxy) is 2. The highest BCUT2D eigenvalue weighted by Gasteiger charge is 2.20. The summed E-state index contributed by atoms with van der Waals surface area (Å²) in [5, 5.41) is 1.88. The van der Waals surface area contributed by atoms with E-state index in [1.54, 1.807) is 39.5 Å². The largest absolute Gasteiger partial charge is 0.493 e. The predicted molar refractivity (Wildman–Crippen MR) is 120 cm³/mol. The average Bonchev–Trinajstić information content (AvgIpc) is 3.31. The van der Waals surface area contributed by atoms with E-state index in [2.05, 4.69) is 4.72 Å². The fraction of sp³-hybridized carbons (Fsp3) is 0.227. The first-order valence-electron chi connectivity index (χ1n) is 9.43. The Morgan fingerprint density at radius 1 is 1.06 bits per heavy atom. The molecule has 0 bridgehead atoms. The van der Waals surface area contributed by atoms with Crippen LogP contribution in [-0.4, -0.2) is 40.5 Å². The standard InChI is InChI=1S/C22H24N2O5S2/c1-24(15-17-8-5-11-20(28-2)21(17)29-3)22(25)16-7-4-10-19(13-16)31(26,27)23-14-18-9-6-12-30-18/h4-13,23H,14-15H2,1-3H3. The Kier molecular flexibility index (Phi) is 7.32. The summed E-state index contributed by atoms with van der Waals surface area (Å²) in [5.41, 5.74) is 1.06. The smallest absolute Gasteiger partial charge is 0.253 e. The minimum atomic E-state index is -3.75. The lowest BCUT2D eigenvalue weighted by Crippen LogP contribution is -2.27. The highest BCUT2D eigenvalue weighted by molar-refractivity contribution is 7.89. The van der Waals surface area contributed by atoms with Crippen molar-refractivity contribution in [2.75, 3.05) is 21.3 Å². The van der Waals surface area contributed by atoms with Gasteiger partial charge < -0.3 is 14.4 Å². The Balaban J connectivity index is 1.76. The summed E-state index contributed by atoms with van der Waals surface area (Å²) >= 11 is 1.47. The first kappa shape index (κ1) is 22.8. The molecule has 3 rings (SSSR count). The molecule has 0 atom stereocenters. The quantitative estimate of drug-likeness (QED) is 0.528. The molecular weight excluding hydrogens is 436 g/mol. The number of methoxy groups -OCH3 is 2. The van der Waals surface area contributed by atoms with E-state index >= 15 is 0 Å². The van der Waals surface area contributed by atoms with Crippen molar-refractivity contribution in [3.05, 3.63) is 76.0 Å². The highest BCUT2D eigenvalue weighted by Crippen LogP contribution is 2.31. The summed E-state index contributed by atoms with van der Waals surface area (Å²) in [6, 6.07) is 15.2. The van der Waals surface area contributed by atoms with Crippen LogP contribution < -0.4 is 14.2 Å². The van der Waals surface area contributed by atoms with Gasteiger partial charge in [-0.1, -0.05) is 24.3 Å². The number of benzene rings is 2. The predicted octanol–water partition coefficient (Wildman–Crippen LogP) is 3.52. The van der Waals surface area contributed by atoms with Crippen LogP contribution in [-0.2, 0) is 23.1 Å². The summed E-state index contributed by atoms with van der Waals surface area (Å²) in [6.45, 7) is 0.473. The SMILES string of the molecule is COc1cccc(CN(C)C(=O)c2cccc(S(=O)(=O)NCc3cccs3)c2)c1OC. The number of nitrogens with zero attached hydrogens (tertiary/aromatic N) is 1. The zero-order valence-electron chi connectivity index (χ0n) is 17.5. The maximum Gasteiger partial charge on any atom is 0.253 e. The lowest BCUT2D eigenvalue weighted by molar-refractivity contribution is 0.0783. The van der Waals surface area contributed by atoms with Gasteiger partial charge in [0.15, 0.2) is 11.5 Å². The van der Waals surface area contributed by atoms with Gasteiger partial charge in [-0.2, -0.15) is 0 Å². The number of para-hydroxylation sites is 1. The van der Waals surface area contributed by atoms with Gasteiger partial charge in [0, 0.05) is 36.1 Å². The minimum absolute atomic E-state index is 0.0438. The third-order valence-electron chi connectivity index (χ3n) is 4.65. The van der Waals surface area contributed by atoms with Gasteiger partial charge in [-0.15, -0.1) is 11.3 Å².